The van der Waals surface area contributed by atoms with E-state index in [-0.39, 0.29) is 0 Å². The van der Waals surface area contributed by atoms with Crippen LogP contribution in [0.15, 0.2) is 60.8 Å². The van der Waals surface area contributed by atoms with Crippen LogP contribution in [0.1, 0.15) is 5.56 Å². The summed E-state index contributed by atoms with van der Waals surface area (Å²) < 4.78 is 7.23. The summed E-state index contributed by atoms with van der Waals surface area (Å²) in [6, 6.07) is 17.9. The van der Waals surface area contributed by atoms with E-state index in [1.165, 1.54) is 5.56 Å². The van der Waals surface area contributed by atoms with Gasteiger partial charge in [0.25, 0.3) is 5.78 Å². The summed E-state index contributed by atoms with van der Waals surface area (Å²) in [5, 5.41) is 4.65. The number of hydrogen-bond donors (Lipinski definition) is 0. The molecule has 24 heavy (non-hydrogen) atoms. The normalized spacial score (nSPS) is 10.9. The maximum Gasteiger partial charge on any atom is 0.253 e. The van der Waals surface area contributed by atoms with E-state index >= 15 is 0 Å². The van der Waals surface area contributed by atoms with Gasteiger partial charge in [-0.15, -0.1) is 5.10 Å². The summed E-state index contributed by atoms with van der Waals surface area (Å²) >= 11 is 0. The third-order valence-electron chi connectivity index (χ3n) is 3.93. The van der Waals surface area contributed by atoms with Crippen LogP contribution in [0.4, 0.5) is 0 Å². The van der Waals surface area contributed by atoms with Crippen molar-refractivity contribution in [3.8, 4) is 28.4 Å². The van der Waals surface area contributed by atoms with Gasteiger partial charge < -0.3 is 4.74 Å². The number of para-hydroxylation sites is 1. The molecule has 5 nitrogen and oxygen atoms in total. The van der Waals surface area contributed by atoms with Gasteiger partial charge in [0.05, 0.1) is 12.8 Å². The van der Waals surface area contributed by atoms with Crippen LogP contribution in [0.3, 0.4) is 0 Å². The van der Waals surface area contributed by atoms with Gasteiger partial charge in [-0.05, 0) is 25.1 Å². The summed E-state index contributed by atoms with van der Waals surface area (Å²) in [6.07, 6.45) is 1.74. The van der Waals surface area contributed by atoms with Crippen molar-refractivity contribution in [1.82, 2.24) is 19.6 Å². The molecule has 0 aliphatic heterocycles. The number of aryl methyl sites for hydroxylation is 1. The van der Waals surface area contributed by atoms with Crippen molar-refractivity contribution in [3.63, 3.8) is 0 Å². The average molecular weight is 316 g/mol. The SMILES string of the molecule is COc1ccccc1-c1ccnc2nc(-c3ccc(C)cc3)nn12. The maximum absolute atomic E-state index is 5.47. The smallest absolute Gasteiger partial charge is 0.253 e. The van der Waals surface area contributed by atoms with Crippen molar-refractivity contribution >= 4 is 5.78 Å². The number of fused-ring (bicyclic) bond motifs is 1. The van der Waals surface area contributed by atoms with E-state index in [0.717, 1.165) is 22.6 Å². The zero-order valence-electron chi connectivity index (χ0n) is 13.5. The van der Waals surface area contributed by atoms with Crippen LogP contribution in [0.5, 0.6) is 5.75 Å². The van der Waals surface area contributed by atoms with E-state index in [4.69, 9.17) is 4.74 Å². The molecule has 0 amide bonds. The Balaban J connectivity index is 1.90. The number of rotatable bonds is 3. The summed E-state index contributed by atoms with van der Waals surface area (Å²) in [6.45, 7) is 2.06. The molecular formula is C19H16N4O. The molecule has 4 rings (SSSR count). The van der Waals surface area contributed by atoms with Crippen LogP contribution < -0.4 is 4.74 Å². The van der Waals surface area contributed by atoms with Crippen LogP contribution in [0.25, 0.3) is 28.4 Å². The van der Waals surface area contributed by atoms with Crippen molar-refractivity contribution in [2.24, 2.45) is 0 Å². The topological polar surface area (TPSA) is 52.3 Å². The van der Waals surface area contributed by atoms with Gasteiger partial charge in [0, 0.05) is 17.3 Å². The molecule has 0 atom stereocenters. The van der Waals surface area contributed by atoms with E-state index in [0.29, 0.717) is 11.6 Å². The summed E-state index contributed by atoms with van der Waals surface area (Å²) in [7, 11) is 1.66. The standard InChI is InChI=1S/C19H16N4O/c1-13-7-9-14(10-8-13)18-21-19-20-12-11-16(23(19)22-18)15-5-3-4-6-17(15)24-2/h3-12H,1-2H3. The number of aromatic nitrogens is 4. The Hall–Kier alpha value is -3.21. The molecular weight excluding hydrogens is 300 g/mol. The highest BCUT2D eigenvalue weighted by Gasteiger charge is 2.13. The van der Waals surface area contributed by atoms with Gasteiger partial charge in [-0.3, -0.25) is 0 Å². The lowest BCUT2D eigenvalue weighted by Crippen LogP contribution is -1.97. The first-order chi connectivity index (χ1) is 11.8. The molecule has 0 aliphatic carbocycles. The predicted molar refractivity (Wildman–Crippen MR) is 92.9 cm³/mol. The monoisotopic (exact) mass is 316 g/mol. The number of ether oxygens (including phenoxy) is 1. The zero-order chi connectivity index (χ0) is 16.5. The lowest BCUT2D eigenvalue weighted by atomic mass is 10.1. The first-order valence-electron chi connectivity index (χ1n) is 7.68. The third-order valence-corrected chi connectivity index (χ3v) is 3.93. The Labute approximate surface area is 139 Å². The van der Waals surface area contributed by atoms with Gasteiger partial charge in [-0.25, -0.2) is 4.98 Å². The van der Waals surface area contributed by atoms with Crippen molar-refractivity contribution < 1.29 is 4.74 Å². The first kappa shape index (κ1) is 14.4. The lowest BCUT2D eigenvalue weighted by molar-refractivity contribution is 0.416. The number of hydrogen-bond acceptors (Lipinski definition) is 4. The van der Waals surface area contributed by atoms with Crippen molar-refractivity contribution in [2.45, 2.75) is 6.92 Å². The van der Waals surface area contributed by atoms with Crippen LogP contribution in [0.2, 0.25) is 0 Å². The minimum atomic E-state index is 0.564. The van der Waals surface area contributed by atoms with E-state index in [9.17, 15) is 0 Å². The molecule has 2 aromatic heterocycles. The minimum Gasteiger partial charge on any atom is -0.496 e. The largest absolute Gasteiger partial charge is 0.496 e. The van der Waals surface area contributed by atoms with Crippen LogP contribution >= 0.6 is 0 Å². The molecule has 0 N–H and O–H groups in total. The Morgan fingerprint density at radius 3 is 2.54 bits per heavy atom. The molecule has 0 spiro atoms. The molecule has 5 heteroatoms. The fourth-order valence-electron chi connectivity index (χ4n) is 2.68. The number of methoxy groups -OCH3 is 1. The van der Waals surface area contributed by atoms with Gasteiger partial charge in [0.15, 0.2) is 5.82 Å². The Bertz CT molecular complexity index is 1010. The molecule has 4 aromatic rings. The lowest BCUT2D eigenvalue weighted by Gasteiger charge is -2.08. The van der Waals surface area contributed by atoms with Gasteiger partial charge in [-0.2, -0.15) is 9.50 Å². The Kier molecular flexibility index (Phi) is 3.46. The minimum absolute atomic E-state index is 0.564. The Morgan fingerprint density at radius 2 is 1.75 bits per heavy atom. The summed E-state index contributed by atoms with van der Waals surface area (Å²) in [5.74, 6) is 2.01. The van der Waals surface area contributed by atoms with Crippen molar-refractivity contribution in [1.29, 1.82) is 0 Å². The number of nitrogens with zero attached hydrogens (tertiary/aromatic N) is 4. The molecule has 0 bridgehead atoms. The van der Waals surface area contributed by atoms with Crippen LogP contribution in [-0.4, -0.2) is 26.7 Å². The summed E-state index contributed by atoms with van der Waals surface area (Å²) in [5.41, 5.74) is 4.02. The fourth-order valence-corrected chi connectivity index (χ4v) is 2.68. The van der Waals surface area contributed by atoms with Crippen molar-refractivity contribution in [2.75, 3.05) is 7.11 Å². The van der Waals surface area contributed by atoms with Gasteiger partial charge >= 0.3 is 0 Å². The molecule has 0 aliphatic rings. The predicted octanol–water partition coefficient (Wildman–Crippen LogP) is 3.78. The highest BCUT2D eigenvalue weighted by Crippen LogP contribution is 2.29. The molecule has 2 heterocycles. The van der Waals surface area contributed by atoms with E-state index < -0.39 is 0 Å². The second-order valence-electron chi connectivity index (χ2n) is 5.54. The summed E-state index contributed by atoms with van der Waals surface area (Å²) in [4.78, 5) is 8.89. The first-order valence-corrected chi connectivity index (χ1v) is 7.68. The molecule has 2 aromatic carbocycles. The van der Waals surface area contributed by atoms with Gasteiger partial charge in [-0.1, -0.05) is 42.0 Å². The Morgan fingerprint density at radius 1 is 0.958 bits per heavy atom. The maximum atomic E-state index is 5.47. The molecule has 0 saturated heterocycles. The molecule has 0 radical (unpaired) electrons. The quantitative estimate of drug-likeness (QED) is 0.577. The van der Waals surface area contributed by atoms with Crippen LogP contribution in [-0.2, 0) is 0 Å². The van der Waals surface area contributed by atoms with E-state index in [2.05, 4.69) is 34.1 Å². The third kappa shape index (κ3) is 2.40. The molecule has 0 fully saturated rings. The fraction of sp³-hybridized carbons (Fsp3) is 0.105. The molecule has 0 unspecified atom stereocenters. The van der Waals surface area contributed by atoms with Crippen LogP contribution in [0, 0.1) is 6.92 Å². The van der Waals surface area contributed by atoms with E-state index in [1.807, 2.05) is 42.5 Å². The number of benzene rings is 2. The second-order valence-corrected chi connectivity index (χ2v) is 5.54. The highest BCUT2D eigenvalue weighted by atomic mass is 16.5. The highest BCUT2D eigenvalue weighted by molar-refractivity contribution is 5.69. The molecule has 118 valence electrons. The van der Waals surface area contributed by atoms with Gasteiger partial charge in [0.2, 0.25) is 0 Å². The zero-order valence-corrected chi connectivity index (χ0v) is 13.5. The van der Waals surface area contributed by atoms with Gasteiger partial charge in [0.1, 0.15) is 5.75 Å². The van der Waals surface area contributed by atoms with Crippen molar-refractivity contribution in [3.05, 3.63) is 66.4 Å². The average Bonchev–Trinajstić information content (AvgIpc) is 3.06. The van der Waals surface area contributed by atoms with E-state index in [1.54, 1.807) is 17.8 Å². The second kappa shape index (κ2) is 5.77. The molecule has 0 saturated carbocycles.